The summed E-state index contributed by atoms with van der Waals surface area (Å²) in [6.45, 7) is 1.51. The minimum Gasteiger partial charge on any atom is -0.351 e. The van der Waals surface area contributed by atoms with E-state index in [1.165, 1.54) is 23.9 Å². The molecule has 1 aromatic heterocycles. The van der Waals surface area contributed by atoms with Crippen LogP contribution in [0.4, 0.5) is 8.78 Å². The van der Waals surface area contributed by atoms with Gasteiger partial charge in [-0.3, -0.25) is 4.79 Å². The summed E-state index contributed by atoms with van der Waals surface area (Å²) < 4.78 is 53.1. The highest BCUT2D eigenvalue weighted by Crippen LogP contribution is 2.29. The van der Waals surface area contributed by atoms with E-state index in [4.69, 9.17) is 0 Å². The van der Waals surface area contributed by atoms with Gasteiger partial charge in [-0.1, -0.05) is 11.3 Å². The van der Waals surface area contributed by atoms with Crippen molar-refractivity contribution in [2.45, 2.75) is 19.9 Å². The average molecular weight is 382 g/mol. The standard InChI is InChI=1S/C16H16F2N4O3S/c1-10(23)19-8-12-9-22(21-20-12)13-6-14(17)16(15(18)7-13)11-2-4-26(24,25)5-3-11/h2,6-7,9H,3-5,8H2,1H3,(H,19,23). The minimum absolute atomic E-state index is 0.0692. The van der Waals surface area contributed by atoms with Crippen LogP contribution in [-0.2, 0) is 21.2 Å². The first-order chi connectivity index (χ1) is 12.2. The zero-order valence-corrected chi connectivity index (χ0v) is 14.7. The van der Waals surface area contributed by atoms with Crippen LogP contribution in [-0.4, -0.2) is 40.8 Å². The molecule has 1 amide bonds. The number of allylic oxidation sites excluding steroid dienone is 1. The van der Waals surface area contributed by atoms with Crippen LogP contribution < -0.4 is 5.32 Å². The number of nitrogens with one attached hydrogen (secondary N) is 1. The number of carbonyl (C=O) groups is 1. The smallest absolute Gasteiger partial charge is 0.217 e. The zero-order chi connectivity index (χ0) is 18.9. The third-order valence-electron chi connectivity index (χ3n) is 3.94. The molecule has 10 heteroatoms. The van der Waals surface area contributed by atoms with Gasteiger partial charge in [0.2, 0.25) is 5.91 Å². The summed E-state index contributed by atoms with van der Waals surface area (Å²) in [6.07, 6.45) is 2.87. The molecule has 1 N–H and O–H groups in total. The van der Waals surface area contributed by atoms with Crippen LogP contribution in [0.25, 0.3) is 11.3 Å². The van der Waals surface area contributed by atoms with E-state index in [1.54, 1.807) is 0 Å². The van der Waals surface area contributed by atoms with Crippen molar-refractivity contribution in [1.82, 2.24) is 20.3 Å². The van der Waals surface area contributed by atoms with Crippen LogP contribution in [0.1, 0.15) is 24.6 Å². The largest absolute Gasteiger partial charge is 0.351 e. The second-order valence-corrected chi connectivity index (χ2v) is 8.17. The third-order valence-corrected chi connectivity index (χ3v) is 5.44. The number of hydrogen-bond donors (Lipinski definition) is 1. The fraction of sp³-hybridized carbons (Fsp3) is 0.312. The number of aromatic nitrogens is 3. The number of hydrogen-bond acceptors (Lipinski definition) is 5. The Bertz CT molecular complexity index is 976. The van der Waals surface area contributed by atoms with E-state index in [1.807, 2.05) is 0 Å². The molecule has 3 rings (SSSR count). The molecule has 7 nitrogen and oxygen atoms in total. The highest BCUT2D eigenvalue weighted by Gasteiger charge is 2.23. The zero-order valence-electron chi connectivity index (χ0n) is 13.9. The Morgan fingerprint density at radius 1 is 1.31 bits per heavy atom. The fourth-order valence-electron chi connectivity index (χ4n) is 2.62. The van der Waals surface area contributed by atoms with Gasteiger partial charge in [0.05, 0.1) is 29.9 Å². The molecule has 0 spiro atoms. The van der Waals surface area contributed by atoms with Gasteiger partial charge < -0.3 is 5.32 Å². The van der Waals surface area contributed by atoms with Gasteiger partial charge in [0.15, 0.2) is 9.84 Å². The number of rotatable bonds is 4. The second-order valence-electron chi connectivity index (χ2n) is 5.94. The van der Waals surface area contributed by atoms with Crippen LogP contribution in [0.15, 0.2) is 24.4 Å². The summed E-state index contributed by atoms with van der Waals surface area (Å²) in [5.41, 5.74) is 0.688. The number of amides is 1. The lowest BCUT2D eigenvalue weighted by atomic mass is 10.0. The molecule has 0 unspecified atom stereocenters. The van der Waals surface area contributed by atoms with Crippen molar-refractivity contribution in [3.8, 4) is 5.69 Å². The molecule has 138 valence electrons. The minimum atomic E-state index is -3.18. The van der Waals surface area contributed by atoms with Crippen LogP contribution in [0.5, 0.6) is 0 Å². The van der Waals surface area contributed by atoms with Crippen molar-refractivity contribution in [2.24, 2.45) is 0 Å². The summed E-state index contributed by atoms with van der Waals surface area (Å²) in [7, 11) is -3.18. The van der Waals surface area contributed by atoms with E-state index in [0.717, 1.165) is 12.1 Å². The molecule has 2 heterocycles. The molecule has 1 aromatic carbocycles. The molecular formula is C16H16F2N4O3S. The van der Waals surface area contributed by atoms with Gasteiger partial charge in [-0.15, -0.1) is 5.10 Å². The van der Waals surface area contributed by atoms with E-state index in [-0.39, 0.29) is 41.6 Å². The van der Waals surface area contributed by atoms with E-state index in [2.05, 4.69) is 15.6 Å². The Morgan fingerprint density at radius 3 is 2.58 bits per heavy atom. The molecule has 0 saturated heterocycles. The Kier molecular flexibility index (Phi) is 4.86. The molecule has 1 aliphatic rings. The van der Waals surface area contributed by atoms with Gasteiger partial charge in [-0.25, -0.2) is 21.9 Å². The number of carbonyl (C=O) groups excluding carboxylic acids is 1. The number of halogens is 2. The van der Waals surface area contributed by atoms with Crippen molar-refractivity contribution in [3.05, 3.63) is 47.3 Å². The van der Waals surface area contributed by atoms with Gasteiger partial charge in [0.25, 0.3) is 0 Å². The summed E-state index contributed by atoms with van der Waals surface area (Å²) in [6, 6.07) is 2.22. The van der Waals surface area contributed by atoms with Crippen molar-refractivity contribution in [1.29, 1.82) is 0 Å². The number of benzene rings is 1. The molecule has 0 bridgehead atoms. The van der Waals surface area contributed by atoms with E-state index >= 15 is 0 Å². The van der Waals surface area contributed by atoms with Crippen molar-refractivity contribution in [2.75, 3.05) is 11.5 Å². The average Bonchev–Trinajstić information content (AvgIpc) is 3.02. The third kappa shape index (κ3) is 3.96. The highest BCUT2D eigenvalue weighted by molar-refractivity contribution is 7.91. The molecule has 0 fully saturated rings. The van der Waals surface area contributed by atoms with Gasteiger partial charge in [0, 0.05) is 24.6 Å². The first-order valence-electron chi connectivity index (χ1n) is 7.80. The summed E-state index contributed by atoms with van der Waals surface area (Å²) >= 11 is 0. The molecule has 1 aliphatic heterocycles. The van der Waals surface area contributed by atoms with E-state index in [9.17, 15) is 22.0 Å². The van der Waals surface area contributed by atoms with Gasteiger partial charge in [0.1, 0.15) is 17.3 Å². The van der Waals surface area contributed by atoms with Gasteiger partial charge in [-0.05, 0) is 12.0 Å². The van der Waals surface area contributed by atoms with E-state index < -0.39 is 21.5 Å². The maximum atomic E-state index is 14.5. The fourth-order valence-corrected chi connectivity index (χ4v) is 3.78. The van der Waals surface area contributed by atoms with Crippen molar-refractivity contribution in [3.63, 3.8) is 0 Å². The Morgan fingerprint density at radius 2 is 2.00 bits per heavy atom. The number of nitrogens with zero attached hydrogens (tertiary/aromatic N) is 3. The monoisotopic (exact) mass is 382 g/mol. The molecular weight excluding hydrogens is 366 g/mol. The topological polar surface area (TPSA) is 94.0 Å². The lowest BCUT2D eigenvalue weighted by Gasteiger charge is -2.15. The van der Waals surface area contributed by atoms with Crippen LogP contribution in [0, 0.1) is 11.6 Å². The summed E-state index contributed by atoms with van der Waals surface area (Å²) in [5.74, 6) is -2.19. The normalized spacial score (nSPS) is 16.2. The highest BCUT2D eigenvalue weighted by atomic mass is 32.2. The van der Waals surface area contributed by atoms with Crippen LogP contribution in [0.3, 0.4) is 0 Å². The maximum absolute atomic E-state index is 14.5. The predicted octanol–water partition coefficient (Wildman–Crippen LogP) is 1.38. The Hall–Kier alpha value is -2.62. The van der Waals surface area contributed by atoms with Gasteiger partial charge >= 0.3 is 0 Å². The van der Waals surface area contributed by atoms with E-state index in [0.29, 0.717) is 11.3 Å². The lowest BCUT2D eigenvalue weighted by Crippen LogP contribution is -2.19. The first kappa shape index (κ1) is 18.2. The Balaban J connectivity index is 1.88. The lowest BCUT2D eigenvalue weighted by molar-refractivity contribution is -0.119. The summed E-state index contributed by atoms with van der Waals surface area (Å²) in [5, 5.41) is 10.2. The quantitative estimate of drug-likeness (QED) is 0.862. The van der Waals surface area contributed by atoms with Crippen LogP contribution in [0.2, 0.25) is 0 Å². The molecule has 0 aliphatic carbocycles. The molecule has 0 saturated carbocycles. The van der Waals surface area contributed by atoms with Gasteiger partial charge in [-0.2, -0.15) is 0 Å². The predicted molar refractivity (Wildman–Crippen MR) is 90.0 cm³/mol. The summed E-state index contributed by atoms with van der Waals surface area (Å²) in [4.78, 5) is 10.9. The van der Waals surface area contributed by atoms with Crippen molar-refractivity contribution >= 4 is 21.3 Å². The second kappa shape index (κ2) is 6.94. The SMILES string of the molecule is CC(=O)NCc1cn(-c2cc(F)c(C3=CCS(=O)(=O)CC3)c(F)c2)nn1. The molecule has 2 aromatic rings. The molecule has 26 heavy (non-hydrogen) atoms. The van der Waals surface area contributed by atoms with Crippen LogP contribution >= 0.6 is 0 Å². The van der Waals surface area contributed by atoms with Crippen molar-refractivity contribution < 1.29 is 22.0 Å². The number of sulfone groups is 1. The first-order valence-corrected chi connectivity index (χ1v) is 9.62. The Labute approximate surface area is 148 Å². The molecule has 0 atom stereocenters. The molecule has 0 radical (unpaired) electrons. The maximum Gasteiger partial charge on any atom is 0.217 e.